The highest BCUT2D eigenvalue weighted by atomic mass is 35.5. The minimum Gasteiger partial charge on any atom is -0.399 e. The minimum absolute atomic E-state index is 0.211. The van der Waals surface area contributed by atoms with Crippen molar-refractivity contribution in [3.05, 3.63) is 28.8 Å². The third kappa shape index (κ3) is 3.85. The number of carbonyl (C=O) groups excluding carboxylic acids is 1. The molecule has 1 amide bonds. The first-order chi connectivity index (χ1) is 9.06. The second kappa shape index (κ2) is 6.26. The summed E-state index contributed by atoms with van der Waals surface area (Å²) in [6, 6.07) is 4.86. The lowest BCUT2D eigenvalue weighted by Gasteiger charge is -2.25. The van der Waals surface area contributed by atoms with E-state index >= 15 is 0 Å². The summed E-state index contributed by atoms with van der Waals surface area (Å²) in [7, 11) is 0. The number of halogens is 1. The number of anilines is 1. The molecule has 1 aliphatic rings. The summed E-state index contributed by atoms with van der Waals surface area (Å²) in [6.45, 7) is 0.570. The standard InChI is InChI=1S/C14H19ClN2O2/c15-13-5-4-10(16)7-12(13)14(19)17-8-9-2-1-3-11(18)6-9/h4-5,7,9,11,18H,1-3,6,8,16H2,(H,17,19). The molecule has 5 heteroatoms. The molecule has 0 radical (unpaired) electrons. The van der Waals surface area contributed by atoms with Crippen molar-refractivity contribution in [2.24, 2.45) is 5.92 Å². The normalized spacial score (nSPS) is 23.1. The maximum atomic E-state index is 12.0. The fraction of sp³-hybridized carbons (Fsp3) is 0.500. The van der Waals surface area contributed by atoms with Crippen molar-refractivity contribution in [1.82, 2.24) is 5.32 Å². The highest BCUT2D eigenvalue weighted by Crippen LogP contribution is 2.24. The van der Waals surface area contributed by atoms with Gasteiger partial charge in [0.1, 0.15) is 0 Å². The molecule has 2 rings (SSSR count). The number of hydrogen-bond donors (Lipinski definition) is 3. The van der Waals surface area contributed by atoms with Gasteiger partial charge in [0.15, 0.2) is 0 Å². The fourth-order valence-corrected chi connectivity index (χ4v) is 2.70. The molecule has 1 saturated carbocycles. The zero-order valence-electron chi connectivity index (χ0n) is 10.7. The van der Waals surface area contributed by atoms with Crippen LogP contribution in [-0.2, 0) is 0 Å². The molecule has 0 aliphatic heterocycles. The summed E-state index contributed by atoms with van der Waals surface area (Å²) < 4.78 is 0. The average Bonchev–Trinajstić information content (AvgIpc) is 2.39. The first-order valence-electron chi connectivity index (χ1n) is 6.57. The van der Waals surface area contributed by atoms with Crippen LogP contribution in [-0.4, -0.2) is 23.7 Å². The Hall–Kier alpha value is -1.26. The van der Waals surface area contributed by atoms with Crippen LogP contribution in [0.25, 0.3) is 0 Å². The number of aliphatic hydroxyl groups is 1. The highest BCUT2D eigenvalue weighted by Gasteiger charge is 2.21. The van der Waals surface area contributed by atoms with Crippen LogP contribution in [0, 0.1) is 5.92 Å². The van der Waals surface area contributed by atoms with E-state index in [1.54, 1.807) is 18.2 Å². The van der Waals surface area contributed by atoms with E-state index in [-0.39, 0.29) is 12.0 Å². The first kappa shape index (κ1) is 14.2. The summed E-state index contributed by atoms with van der Waals surface area (Å²) in [5.41, 5.74) is 6.57. The minimum atomic E-state index is -0.230. The lowest BCUT2D eigenvalue weighted by Crippen LogP contribution is -2.33. The molecule has 19 heavy (non-hydrogen) atoms. The molecule has 1 aromatic rings. The van der Waals surface area contributed by atoms with Gasteiger partial charge in [-0.1, -0.05) is 18.0 Å². The van der Waals surface area contributed by atoms with E-state index in [0.29, 0.717) is 28.7 Å². The van der Waals surface area contributed by atoms with Gasteiger partial charge in [-0.2, -0.15) is 0 Å². The van der Waals surface area contributed by atoms with E-state index in [2.05, 4.69) is 5.32 Å². The van der Waals surface area contributed by atoms with Gasteiger partial charge in [-0.15, -0.1) is 0 Å². The zero-order chi connectivity index (χ0) is 13.8. The van der Waals surface area contributed by atoms with Crippen molar-refractivity contribution in [2.45, 2.75) is 31.8 Å². The second-order valence-electron chi connectivity index (χ2n) is 5.14. The number of aliphatic hydroxyl groups excluding tert-OH is 1. The maximum Gasteiger partial charge on any atom is 0.252 e. The van der Waals surface area contributed by atoms with Gasteiger partial charge in [-0.05, 0) is 43.4 Å². The molecule has 2 unspecified atom stereocenters. The van der Waals surface area contributed by atoms with Gasteiger partial charge >= 0.3 is 0 Å². The summed E-state index contributed by atoms with van der Waals surface area (Å²) in [4.78, 5) is 12.0. The third-order valence-corrected chi connectivity index (χ3v) is 3.87. The van der Waals surface area contributed by atoms with Crippen molar-refractivity contribution in [1.29, 1.82) is 0 Å². The van der Waals surface area contributed by atoms with E-state index in [9.17, 15) is 9.90 Å². The summed E-state index contributed by atoms with van der Waals surface area (Å²) in [6.07, 6.45) is 3.45. The quantitative estimate of drug-likeness (QED) is 0.744. The summed E-state index contributed by atoms with van der Waals surface area (Å²) in [5, 5.41) is 12.9. The van der Waals surface area contributed by atoms with Crippen molar-refractivity contribution in [2.75, 3.05) is 12.3 Å². The van der Waals surface area contributed by atoms with Gasteiger partial charge in [0.25, 0.3) is 5.91 Å². The van der Waals surface area contributed by atoms with E-state index in [0.717, 1.165) is 25.7 Å². The smallest absolute Gasteiger partial charge is 0.252 e. The number of rotatable bonds is 3. The molecule has 2 atom stereocenters. The van der Waals surface area contributed by atoms with E-state index < -0.39 is 0 Å². The van der Waals surface area contributed by atoms with Gasteiger partial charge in [-0.3, -0.25) is 4.79 Å². The second-order valence-corrected chi connectivity index (χ2v) is 5.54. The highest BCUT2D eigenvalue weighted by molar-refractivity contribution is 6.34. The Labute approximate surface area is 117 Å². The third-order valence-electron chi connectivity index (χ3n) is 3.54. The van der Waals surface area contributed by atoms with Gasteiger partial charge in [-0.25, -0.2) is 0 Å². The number of carbonyl (C=O) groups is 1. The predicted octanol–water partition coefficient (Wildman–Crippen LogP) is 2.20. The largest absolute Gasteiger partial charge is 0.399 e. The maximum absolute atomic E-state index is 12.0. The Morgan fingerprint density at radius 2 is 2.26 bits per heavy atom. The van der Waals surface area contributed by atoms with Gasteiger partial charge in [0.2, 0.25) is 0 Å². The number of nitrogens with two attached hydrogens (primary N) is 1. The monoisotopic (exact) mass is 282 g/mol. The molecule has 4 nitrogen and oxygen atoms in total. The molecular formula is C14H19ClN2O2. The van der Waals surface area contributed by atoms with Crippen molar-refractivity contribution < 1.29 is 9.90 Å². The number of nitrogen functional groups attached to an aromatic ring is 1. The van der Waals surface area contributed by atoms with Crippen LogP contribution in [0.4, 0.5) is 5.69 Å². The Morgan fingerprint density at radius 1 is 1.47 bits per heavy atom. The van der Waals surface area contributed by atoms with Crippen LogP contribution in [0.15, 0.2) is 18.2 Å². The Bertz CT molecular complexity index is 465. The van der Waals surface area contributed by atoms with Crippen LogP contribution >= 0.6 is 11.6 Å². The summed E-state index contributed by atoms with van der Waals surface area (Å²) in [5.74, 6) is 0.130. The molecule has 104 valence electrons. The number of hydrogen-bond acceptors (Lipinski definition) is 3. The van der Waals surface area contributed by atoms with Crippen molar-refractivity contribution in [3.63, 3.8) is 0 Å². The lowest BCUT2D eigenvalue weighted by atomic mass is 9.87. The van der Waals surface area contributed by atoms with E-state index in [1.165, 1.54) is 0 Å². The molecule has 1 aliphatic carbocycles. The molecule has 4 N–H and O–H groups in total. The lowest BCUT2D eigenvalue weighted by molar-refractivity contribution is 0.0874. The molecule has 0 bridgehead atoms. The van der Waals surface area contributed by atoms with E-state index in [4.69, 9.17) is 17.3 Å². The number of nitrogens with one attached hydrogen (secondary N) is 1. The van der Waals surface area contributed by atoms with Gasteiger partial charge in [0, 0.05) is 12.2 Å². The Kier molecular flexibility index (Phi) is 4.66. The van der Waals surface area contributed by atoms with Crippen LogP contribution < -0.4 is 11.1 Å². The average molecular weight is 283 g/mol. The Balaban J connectivity index is 1.92. The SMILES string of the molecule is Nc1ccc(Cl)c(C(=O)NCC2CCCC(O)C2)c1. The predicted molar refractivity (Wildman–Crippen MR) is 76.2 cm³/mol. The van der Waals surface area contributed by atoms with Crippen LogP contribution in [0.2, 0.25) is 5.02 Å². The van der Waals surface area contributed by atoms with Crippen molar-refractivity contribution >= 4 is 23.2 Å². The number of amides is 1. The van der Waals surface area contributed by atoms with Gasteiger partial charge < -0.3 is 16.2 Å². The van der Waals surface area contributed by atoms with Crippen molar-refractivity contribution in [3.8, 4) is 0 Å². The first-order valence-corrected chi connectivity index (χ1v) is 6.95. The molecular weight excluding hydrogens is 264 g/mol. The molecule has 0 spiro atoms. The van der Waals surface area contributed by atoms with Gasteiger partial charge in [0.05, 0.1) is 16.7 Å². The molecule has 0 aromatic heterocycles. The van der Waals surface area contributed by atoms with Crippen LogP contribution in [0.5, 0.6) is 0 Å². The molecule has 0 saturated heterocycles. The fourth-order valence-electron chi connectivity index (χ4n) is 2.50. The molecule has 1 fully saturated rings. The molecule has 1 aromatic carbocycles. The number of benzene rings is 1. The van der Waals surface area contributed by atoms with Crippen LogP contribution in [0.1, 0.15) is 36.0 Å². The zero-order valence-corrected chi connectivity index (χ0v) is 11.5. The van der Waals surface area contributed by atoms with E-state index in [1.807, 2.05) is 0 Å². The van der Waals surface area contributed by atoms with Crippen LogP contribution in [0.3, 0.4) is 0 Å². The Morgan fingerprint density at radius 3 is 3.00 bits per heavy atom. The summed E-state index contributed by atoms with van der Waals surface area (Å²) >= 11 is 5.98. The topological polar surface area (TPSA) is 75.4 Å². The molecule has 0 heterocycles.